The van der Waals surface area contributed by atoms with Crippen molar-refractivity contribution in [3.8, 4) is 0 Å². The highest BCUT2D eigenvalue weighted by Gasteiger charge is 2.03. The van der Waals surface area contributed by atoms with Gasteiger partial charge in [-0.1, -0.05) is 6.07 Å². The Labute approximate surface area is 82.3 Å². The number of imidazole rings is 1. The second-order valence-electron chi connectivity index (χ2n) is 2.38. The first kappa shape index (κ1) is 7.72. The van der Waals surface area contributed by atoms with Crippen LogP contribution in [0.2, 0.25) is 0 Å². The molecule has 3 nitrogen and oxygen atoms in total. The van der Waals surface area contributed by atoms with Crippen LogP contribution in [0.15, 0.2) is 18.2 Å². The minimum atomic E-state index is 0.383. The number of carbonyl (C=O) groups excluding carboxylic acids is 1. The van der Waals surface area contributed by atoms with Gasteiger partial charge in [0.15, 0.2) is 12.1 Å². The van der Waals surface area contributed by atoms with Crippen molar-refractivity contribution in [1.82, 2.24) is 9.97 Å². The van der Waals surface area contributed by atoms with Gasteiger partial charge >= 0.3 is 0 Å². The average Bonchev–Trinajstić information content (AvgIpc) is 2.49. The number of aromatic amines is 1. The summed E-state index contributed by atoms with van der Waals surface area (Å²) >= 11 is 2.19. The molecule has 0 aliphatic carbocycles. The van der Waals surface area contributed by atoms with E-state index in [-0.39, 0.29) is 0 Å². The number of aromatic nitrogens is 2. The van der Waals surface area contributed by atoms with E-state index in [9.17, 15) is 4.79 Å². The molecule has 0 aliphatic heterocycles. The van der Waals surface area contributed by atoms with Crippen LogP contribution in [0.3, 0.4) is 0 Å². The molecule has 4 heteroatoms. The van der Waals surface area contributed by atoms with E-state index in [2.05, 4.69) is 32.6 Å². The summed E-state index contributed by atoms with van der Waals surface area (Å²) in [5.41, 5.74) is 1.77. The first-order chi connectivity index (χ1) is 5.81. The molecule has 0 aliphatic rings. The van der Waals surface area contributed by atoms with Gasteiger partial charge < -0.3 is 4.98 Å². The highest BCUT2D eigenvalue weighted by molar-refractivity contribution is 14.1. The number of fused-ring (bicyclic) bond motifs is 1. The molecular weight excluding hydrogens is 267 g/mol. The minimum absolute atomic E-state index is 0.383. The number of carbonyl (C=O) groups is 1. The fourth-order valence-corrected chi connectivity index (χ4v) is 1.69. The number of nitrogens with one attached hydrogen (secondary N) is 1. The maximum absolute atomic E-state index is 10.4. The average molecular weight is 272 g/mol. The molecular formula is C8H5IN2O. The SMILES string of the molecule is O=Cc1nc2c(I)cccc2[nH]1. The van der Waals surface area contributed by atoms with Crippen LogP contribution in [0.4, 0.5) is 0 Å². The Morgan fingerprint density at radius 1 is 1.50 bits per heavy atom. The fourth-order valence-electron chi connectivity index (χ4n) is 1.07. The summed E-state index contributed by atoms with van der Waals surface area (Å²) in [5.74, 6) is 0.383. The van der Waals surface area contributed by atoms with Crippen LogP contribution in [0.5, 0.6) is 0 Å². The molecule has 1 N–H and O–H groups in total. The van der Waals surface area contributed by atoms with Crippen molar-refractivity contribution < 1.29 is 4.79 Å². The van der Waals surface area contributed by atoms with E-state index in [1.165, 1.54) is 0 Å². The molecule has 2 aromatic rings. The van der Waals surface area contributed by atoms with Gasteiger partial charge in [-0.25, -0.2) is 4.98 Å². The second-order valence-corrected chi connectivity index (χ2v) is 3.54. The van der Waals surface area contributed by atoms with Crippen molar-refractivity contribution in [3.63, 3.8) is 0 Å². The van der Waals surface area contributed by atoms with Gasteiger partial charge in [0.25, 0.3) is 0 Å². The van der Waals surface area contributed by atoms with Gasteiger partial charge in [0.2, 0.25) is 0 Å². The number of rotatable bonds is 1. The van der Waals surface area contributed by atoms with Crippen LogP contribution in [-0.2, 0) is 0 Å². The smallest absolute Gasteiger partial charge is 0.185 e. The van der Waals surface area contributed by atoms with Crippen LogP contribution in [-0.4, -0.2) is 16.3 Å². The molecule has 0 fully saturated rings. The Bertz CT molecular complexity index is 436. The Morgan fingerprint density at radius 2 is 2.33 bits per heavy atom. The van der Waals surface area contributed by atoms with Gasteiger partial charge in [-0.3, -0.25) is 4.79 Å². The van der Waals surface area contributed by atoms with Gasteiger partial charge in [0.1, 0.15) is 5.52 Å². The first-order valence-electron chi connectivity index (χ1n) is 3.40. The predicted octanol–water partition coefficient (Wildman–Crippen LogP) is 1.98. The number of benzene rings is 1. The summed E-state index contributed by atoms with van der Waals surface area (Å²) < 4.78 is 1.05. The maximum atomic E-state index is 10.4. The number of nitrogens with zero attached hydrogens (tertiary/aromatic N) is 1. The molecule has 0 spiro atoms. The zero-order valence-corrected chi connectivity index (χ0v) is 8.20. The minimum Gasteiger partial charge on any atom is -0.336 e. The zero-order valence-electron chi connectivity index (χ0n) is 6.04. The van der Waals surface area contributed by atoms with E-state index < -0.39 is 0 Å². The van der Waals surface area contributed by atoms with Crippen LogP contribution in [0, 0.1) is 3.57 Å². The van der Waals surface area contributed by atoms with Crippen molar-refractivity contribution in [3.05, 3.63) is 27.6 Å². The molecule has 0 amide bonds. The van der Waals surface area contributed by atoms with E-state index in [0.717, 1.165) is 20.9 Å². The third-order valence-electron chi connectivity index (χ3n) is 1.59. The Hall–Kier alpha value is -0.910. The highest BCUT2D eigenvalue weighted by Crippen LogP contribution is 2.17. The lowest BCUT2D eigenvalue weighted by molar-refractivity contribution is 0.111. The number of hydrogen-bond donors (Lipinski definition) is 1. The van der Waals surface area contributed by atoms with Gasteiger partial charge in [-0.2, -0.15) is 0 Å². The lowest BCUT2D eigenvalue weighted by Gasteiger charge is -1.88. The Morgan fingerprint density at radius 3 is 3.00 bits per heavy atom. The Balaban J connectivity index is 2.82. The Kier molecular flexibility index (Phi) is 1.84. The molecule has 2 rings (SSSR count). The molecule has 0 saturated heterocycles. The molecule has 0 unspecified atom stereocenters. The largest absolute Gasteiger partial charge is 0.336 e. The van der Waals surface area contributed by atoms with Crippen LogP contribution < -0.4 is 0 Å². The van der Waals surface area contributed by atoms with Gasteiger partial charge in [-0.05, 0) is 34.7 Å². The van der Waals surface area contributed by atoms with Gasteiger partial charge in [0, 0.05) is 3.57 Å². The molecule has 12 heavy (non-hydrogen) atoms. The molecule has 0 saturated carbocycles. The van der Waals surface area contributed by atoms with Crippen LogP contribution >= 0.6 is 22.6 Å². The van der Waals surface area contributed by atoms with Crippen molar-refractivity contribution in [2.24, 2.45) is 0 Å². The molecule has 0 bridgehead atoms. The summed E-state index contributed by atoms with van der Waals surface area (Å²) in [4.78, 5) is 17.4. The highest BCUT2D eigenvalue weighted by atomic mass is 127. The summed E-state index contributed by atoms with van der Waals surface area (Å²) in [6.45, 7) is 0. The van der Waals surface area contributed by atoms with Crippen LogP contribution in [0.25, 0.3) is 11.0 Å². The zero-order chi connectivity index (χ0) is 8.55. The van der Waals surface area contributed by atoms with Crippen molar-refractivity contribution in [2.45, 2.75) is 0 Å². The van der Waals surface area contributed by atoms with Crippen molar-refractivity contribution in [1.29, 1.82) is 0 Å². The normalized spacial score (nSPS) is 10.4. The van der Waals surface area contributed by atoms with E-state index in [1.54, 1.807) is 0 Å². The third-order valence-corrected chi connectivity index (χ3v) is 2.46. The van der Waals surface area contributed by atoms with E-state index in [4.69, 9.17) is 0 Å². The molecule has 60 valence electrons. The topological polar surface area (TPSA) is 45.8 Å². The lowest BCUT2D eigenvalue weighted by Crippen LogP contribution is -1.79. The quantitative estimate of drug-likeness (QED) is 0.637. The molecule has 0 radical (unpaired) electrons. The predicted molar refractivity (Wildman–Crippen MR) is 54.2 cm³/mol. The van der Waals surface area contributed by atoms with Gasteiger partial charge in [0.05, 0.1) is 5.52 Å². The molecule has 1 aromatic carbocycles. The number of hydrogen-bond acceptors (Lipinski definition) is 2. The maximum Gasteiger partial charge on any atom is 0.185 e. The number of para-hydroxylation sites is 1. The number of H-pyrrole nitrogens is 1. The molecule has 0 atom stereocenters. The third kappa shape index (κ3) is 1.12. The standard InChI is InChI=1S/C8H5IN2O/c9-5-2-1-3-6-8(5)11-7(4-12)10-6/h1-4H,(H,10,11). The summed E-state index contributed by atoms with van der Waals surface area (Å²) in [6.07, 6.45) is 0.718. The fraction of sp³-hybridized carbons (Fsp3) is 0. The second kappa shape index (κ2) is 2.85. The summed E-state index contributed by atoms with van der Waals surface area (Å²) in [5, 5.41) is 0. The van der Waals surface area contributed by atoms with Crippen molar-refractivity contribution >= 4 is 39.9 Å². The monoisotopic (exact) mass is 272 g/mol. The van der Waals surface area contributed by atoms with Crippen LogP contribution in [0.1, 0.15) is 10.6 Å². The lowest BCUT2D eigenvalue weighted by atomic mass is 10.3. The van der Waals surface area contributed by atoms with E-state index in [1.807, 2.05) is 18.2 Å². The molecule has 1 heterocycles. The molecule has 1 aromatic heterocycles. The van der Waals surface area contributed by atoms with Crippen molar-refractivity contribution in [2.75, 3.05) is 0 Å². The summed E-state index contributed by atoms with van der Waals surface area (Å²) in [7, 11) is 0. The van der Waals surface area contributed by atoms with E-state index in [0.29, 0.717) is 5.82 Å². The van der Waals surface area contributed by atoms with Gasteiger partial charge in [-0.15, -0.1) is 0 Å². The van der Waals surface area contributed by atoms with E-state index >= 15 is 0 Å². The number of aldehydes is 1. The number of halogens is 1. The summed E-state index contributed by atoms with van der Waals surface area (Å²) in [6, 6.07) is 5.78. The first-order valence-corrected chi connectivity index (χ1v) is 4.48.